The molecule has 0 saturated carbocycles. The Morgan fingerprint density at radius 3 is 2.66 bits per heavy atom. The number of hydrogen-bond acceptors (Lipinski definition) is 7. The van der Waals surface area contributed by atoms with Crippen LogP contribution in [0.1, 0.15) is 60.1 Å². The summed E-state index contributed by atoms with van der Waals surface area (Å²) in [7, 11) is 1.73. The summed E-state index contributed by atoms with van der Waals surface area (Å²) in [5, 5.41) is 11.5. The van der Waals surface area contributed by atoms with Gasteiger partial charge < -0.3 is 20.6 Å². The molecule has 1 aromatic heterocycles. The number of nitrogens with zero attached hydrogens (tertiary/aromatic N) is 3. The number of hydrazine groups is 1. The van der Waals surface area contributed by atoms with Crippen molar-refractivity contribution < 1.29 is 14.6 Å². The first-order valence-electron chi connectivity index (χ1n) is 12.9. The second kappa shape index (κ2) is 10.6. The van der Waals surface area contributed by atoms with Crippen molar-refractivity contribution in [2.75, 3.05) is 24.3 Å². The van der Waals surface area contributed by atoms with Gasteiger partial charge in [-0.15, -0.1) is 0 Å². The third-order valence-electron chi connectivity index (χ3n) is 7.51. The van der Waals surface area contributed by atoms with E-state index in [4.69, 9.17) is 16.3 Å². The van der Waals surface area contributed by atoms with Gasteiger partial charge in [0.15, 0.2) is 0 Å². The maximum absolute atomic E-state index is 12.3. The highest BCUT2D eigenvalue weighted by Crippen LogP contribution is 2.39. The minimum Gasteiger partial charge on any atom is -0.486 e. The second-order valence-electron chi connectivity index (χ2n) is 11.1. The summed E-state index contributed by atoms with van der Waals surface area (Å²) in [5.74, 6) is 4.93. The van der Waals surface area contributed by atoms with Gasteiger partial charge in [0, 0.05) is 50.6 Å². The van der Waals surface area contributed by atoms with Crippen molar-refractivity contribution in [1.82, 2.24) is 9.88 Å². The largest absolute Gasteiger partial charge is 0.486 e. The Labute approximate surface area is 225 Å². The number of aliphatic carboxylic acids is 1. The van der Waals surface area contributed by atoms with Crippen LogP contribution in [0.5, 0.6) is 5.75 Å². The first-order valence-corrected chi connectivity index (χ1v) is 12.9. The van der Waals surface area contributed by atoms with Gasteiger partial charge in [-0.05, 0) is 67.6 Å². The van der Waals surface area contributed by atoms with Crippen molar-refractivity contribution in [3.63, 3.8) is 0 Å². The molecule has 2 heterocycles. The molecule has 1 aliphatic rings. The molecule has 38 heavy (non-hydrogen) atoms. The van der Waals surface area contributed by atoms with Crippen LogP contribution >= 0.6 is 0 Å². The van der Waals surface area contributed by atoms with Gasteiger partial charge in [-0.25, -0.2) is 5.84 Å². The molecular formula is C30H39N5O3. The molecule has 1 aliphatic heterocycles. The molecule has 0 radical (unpaired) electrons. The summed E-state index contributed by atoms with van der Waals surface area (Å²) in [6.45, 7) is 12.1. The van der Waals surface area contributed by atoms with E-state index in [0.717, 1.165) is 52.2 Å². The maximum Gasteiger partial charge on any atom is 0.307 e. The Morgan fingerprint density at radius 2 is 1.97 bits per heavy atom. The van der Waals surface area contributed by atoms with E-state index in [-0.39, 0.29) is 11.5 Å². The van der Waals surface area contributed by atoms with Gasteiger partial charge in [-0.1, -0.05) is 31.2 Å². The van der Waals surface area contributed by atoms with E-state index < -0.39 is 11.9 Å². The van der Waals surface area contributed by atoms with Crippen LogP contribution in [0.2, 0.25) is 0 Å². The molecule has 2 aromatic carbocycles. The highest BCUT2D eigenvalue weighted by atomic mass is 16.5. The van der Waals surface area contributed by atoms with E-state index in [1.807, 2.05) is 37.4 Å². The van der Waals surface area contributed by atoms with Crippen LogP contribution in [-0.4, -0.2) is 40.2 Å². The third kappa shape index (κ3) is 5.61. The third-order valence-corrected chi connectivity index (χ3v) is 7.51. The predicted molar refractivity (Wildman–Crippen MR) is 151 cm³/mol. The first-order chi connectivity index (χ1) is 17.9. The van der Waals surface area contributed by atoms with E-state index in [0.29, 0.717) is 17.9 Å². The van der Waals surface area contributed by atoms with Crippen molar-refractivity contribution in [3.05, 3.63) is 82.2 Å². The van der Waals surface area contributed by atoms with Gasteiger partial charge in [0.1, 0.15) is 11.4 Å². The van der Waals surface area contributed by atoms with E-state index >= 15 is 0 Å². The minimum absolute atomic E-state index is 0.370. The van der Waals surface area contributed by atoms with E-state index in [1.54, 1.807) is 20.2 Å². The molecule has 4 rings (SSSR count). The van der Waals surface area contributed by atoms with Crippen LogP contribution in [0, 0.1) is 19.8 Å². The molecule has 1 unspecified atom stereocenters. The first kappa shape index (κ1) is 27.4. The topological polar surface area (TPSA) is 118 Å². The van der Waals surface area contributed by atoms with Crippen molar-refractivity contribution in [2.24, 2.45) is 11.8 Å². The van der Waals surface area contributed by atoms with E-state index in [1.165, 1.54) is 5.01 Å². The lowest BCUT2D eigenvalue weighted by Gasteiger charge is -2.30. The highest BCUT2D eigenvalue weighted by Gasteiger charge is 2.31. The van der Waals surface area contributed by atoms with Crippen LogP contribution in [0.4, 0.5) is 11.4 Å². The quantitative estimate of drug-likeness (QED) is 0.236. The van der Waals surface area contributed by atoms with Gasteiger partial charge in [-0.3, -0.25) is 14.7 Å². The number of benzene rings is 2. The van der Waals surface area contributed by atoms with Gasteiger partial charge in [0.05, 0.1) is 17.3 Å². The average Bonchev–Trinajstić information content (AvgIpc) is 2.97. The number of ether oxygens (including phenoxy) is 1. The van der Waals surface area contributed by atoms with E-state index in [9.17, 15) is 9.90 Å². The Hall–Kier alpha value is -3.62. The molecule has 0 saturated heterocycles. The molecule has 5 N–H and O–H groups in total. The standard InChI is InChI=1S/C30H39N5O3/c1-18-7-8-21(27(20(3)29(36)37)24-9-10-25(34(6)32)28(31)19(24)2)13-22(18)15-35-16-23-14-33-12-11-26(23)38-30(4,5)17-35/h7-14,20,27H,15-17,31-32H2,1-6H3,(H,36,37)/t20?,27-/m0/s1. The number of anilines is 2. The normalized spacial score (nSPS) is 16.6. The molecule has 202 valence electrons. The molecule has 3 aromatic rings. The van der Waals surface area contributed by atoms with Gasteiger partial charge in [-0.2, -0.15) is 0 Å². The van der Waals surface area contributed by atoms with Crippen LogP contribution in [0.15, 0.2) is 48.8 Å². The van der Waals surface area contributed by atoms with Crippen LogP contribution in [0.25, 0.3) is 0 Å². The Kier molecular flexibility index (Phi) is 7.67. The predicted octanol–water partition coefficient (Wildman–Crippen LogP) is 4.62. The molecule has 0 spiro atoms. The lowest BCUT2D eigenvalue weighted by molar-refractivity contribution is -0.141. The van der Waals surface area contributed by atoms with Crippen LogP contribution in [0.3, 0.4) is 0 Å². The zero-order chi connectivity index (χ0) is 27.8. The SMILES string of the molecule is Cc1ccc([C@@H](c2ccc(N(C)N)c(N)c2C)C(C)C(=O)O)cc1CN1Cc2cnccc2OC(C)(C)C1. The highest BCUT2D eigenvalue weighted by molar-refractivity contribution is 5.75. The number of nitrogen functional groups attached to an aromatic ring is 1. The number of rotatable bonds is 7. The van der Waals surface area contributed by atoms with Gasteiger partial charge in [0.25, 0.3) is 0 Å². The van der Waals surface area contributed by atoms with Gasteiger partial charge >= 0.3 is 5.97 Å². The van der Waals surface area contributed by atoms with Crippen LogP contribution < -0.4 is 21.3 Å². The zero-order valence-electron chi connectivity index (χ0n) is 23.2. The lowest BCUT2D eigenvalue weighted by Crippen LogP contribution is -2.40. The minimum atomic E-state index is -0.856. The fraction of sp³-hybridized carbons (Fsp3) is 0.400. The molecule has 2 atom stereocenters. The summed E-state index contributed by atoms with van der Waals surface area (Å²) in [4.78, 5) is 18.9. The number of carbonyl (C=O) groups is 1. The Bertz CT molecular complexity index is 1340. The molecule has 0 bridgehead atoms. The second-order valence-corrected chi connectivity index (χ2v) is 11.1. The number of carboxylic acids is 1. The zero-order valence-corrected chi connectivity index (χ0v) is 23.2. The van der Waals surface area contributed by atoms with Crippen molar-refractivity contribution in [1.29, 1.82) is 0 Å². The molecule has 8 heteroatoms. The number of aryl methyl sites for hydroxylation is 1. The number of fused-ring (bicyclic) bond motifs is 1. The van der Waals surface area contributed by atoms with Gasteiger partial charge in [0.2, 0.25) is 0 Å². The molecule has 8 nitrogen and oxygen atoms in total. The lowest BCUT2D eigenvalue weighted by atomic mass is 9.78. The molecule has 0 fully saturated rings. The van der Waals surface area contributed by atoms with Crippen molar-refractivity contribution in [3.8, 4) is 5.75 Å². The molecule has 0 aliphatic carbocycles. The summed E-state index contributed by atoms with van der Waals surface area (Å²) >= 11 is 0. The summed E-state index contributed by atoms with van der Waals surface area (Å²) in [6.07, 6.45) is 3.63. The van der Waals surface area contributed by atoms with Crippen LogP contribution in [-0.2, 0) is 17.9 Å². The number of aromatic nitrogens is 1. The smallest absolute Gasteiger partial charge is 0.307 e. The summed E-state index contributed by atoms with van der Waals surface area (Å²) < 4.78 is 6.30. The fourth-order valence-electron chi connectivity index (χ4n) is 5.46. The number of nitrogens with two attached hydrogens (primary N) is 2. The average molecular weight is 518 g/mol. The maximum atomic E-state index is 12.3. The number of hydrogen-bond donors (Lipinski definition) is 3. The summed E-state index contributed by atoms with van der Waals surface area (Å²) in [6, 6.07) is 12.0. The molecule has 0 amide bonds. The monoisotopic (exact) mass is 517 g/mol. The number of pyridine rings is 1. The Balaban J connectivity index is 1.74. The number of carboxylic acid groups (broad SMARTS) is 1. The van der Waals surface area contributed by atoms with Crippen molar-refractivity contribution in [2.45, 2.75) is 59.2 Å². The Morgan fingerprint density at radius 1 is 1.24 bits per heavy atom. The summed E-state index contributed by atoms with van der Waals surface area (Å²) in [5.41, 5.74) is 13.4. The fourth-order valence-corrected chi connectivity index (χ4v) is 5.46. The van der Waals surface area contributed by atoms with Crippen molar-refractivity contribution >= 4 is 17.3 Å². The molecular weight excluding hydrogens is 478 g/mol. The van der Waals surface area contributed by atoms with E-state index in [2.05, 4.69) is 42.8 Å².